The number of benzene rings is 8. The molecule has 3 heteroatoms. The zero-order valence-electron chi connectivity index (χ0n) is 27.7. The second kappa shape index (κ2) is 10.8. The summed E-state index contributed by atoms with van der Waals surface area (Å²) in [6, 6.07) is 68.4. The van der Waals surface area contributed by atoms with E-state index in [4.69, 9.17) is 0 Å². The highest BCUT2D eigenvalue weighted by Gasteiger charge is 2.24. The van der Waals surface area contributed by atoms with Crippen molar-refractivity contribution in [1.82, 2.24) is 13.7 Å². The van der Waals surface area contributed by atoms with Gasteiger partial charge in [-0.25, -0.2) is 0 Å². The minimum atomic E-state index is 1.15. The monoisotopic (exact) mass is 649 g/mol. The molecule has 3 nitrogen and oxygen atoms in total. The minimum Gasteiger partial charge on any atom is -0.309 e. The van der Waals surface area contributed by atoms with E-state index in [1.165, 1.54) is 76.5 Å². The van der Waals surface area contributed by atoms with Crippen LogP contribution in [0, 0.1) is 0 Å². The summed E-state index contributed by atoms with van der Waals surface area (Å²) in [6.07, 6.45) is 0. The van der Waals surface area contributed by atoms with Gasteiger partial charge in [0.05, 0.1) is 33.1 Å². The lowest BCUT2D eigenvalue weighted by Gasteiger charge is -2.14. The van der Waals surface area contributed by atoms with Crippen molar-refractivity contribution in [2.24, 2.45) is 0 Å². The highest BCUT2D eigenvalue weighted by atomic mass is 15.0. The summed E-state index contributed by atoms with van der Waals surface area (Å²) in [4.78, 5) is 0. The summed E-state index contributed by atoms with van der Waals surface area (Å²) in [5, 5.41) is 7.55. The largest absolute Gasteiger partial charge is 0.309 e. The molecule has 3 heterocycles. The summed E-state index contributed by atoms with van der Waals surface area (Å²) >= 11 is 0. The van der Waals surface area contributed by atoms with Crippen LogP contribution in [-0.2, 0) is 0 Å². The lowest BCUT2D eigenvalue weighted by atomic mass is 9.96. The normalized spacial score (nSPS) is 11.9. The number of aromatic nitrogens is 3. The van der Waals surface area contributed by atoms with Crippen molar-refractivity contribution in [1.29, 1.82) is 0 Å². The van der Waals surface area contributed by atoms with Crippen LogP contribution in [0.2, 0.25) is 0 Å². The summed E-state index contributed by atoms with van der Waals surface area (Å²) < 4.78 is 7.31. The van der Waals surface area contributed by atoms with Gasteiger partial charge < -0.3 is 13.7 Å². The SMILES string of the molecule is c1ccc(-n2c3ccccc3c3cc(-c4cc5c(c6ccccc6n5-c5ccccc5)c5c6ccccc6n(-c6ccccc6)c45)ccc32)cc1. The summed E-state index contributed by atoms with van der Waals surface area (Å²) in [7, 11) is 0. The first kappa shape index (κ1) is 28.0. The Balaban J connectivity index is 1.34. The van der Waals surface area contributed by atoms with Crippen molar-refractivity contribution in [2.75, 3.05) is 0 Å². The Bertz CT molecular complexity index is 3110. The average molecular weight is 650 g/mol. The van der Waals surface area contributed by atoms with E-state index in [2.05, 4.69) is 202 Å². The van der Waals surface area contributed by atoms with Gasteiger partial charge in [-0.2, -0.15) is 0 Å². The van der Waals surface area contributed by atoms with Crippen LogP contribution in [0.4, 0.5) is 0 Å². The van der Waals surface area contributed by atoms with Gasteiger partial charge in [0.15, 0.2) is 0 Å². The molecule has 11 aromatic rings. The second-order valence-corrected chi connectivity index (χ2v) is 13.3. The van der Waals surface area contributed by atoms with Crippen LogP contribution in [0.1, 0.15) is 0 Å². The van der Waals surface area contributed by atoms with E-state index in [0.29, 0.717) is 0 Å². The molecular weight excluding hydrogens is 619 g/mol. The van der Waals surface area contributed by atoms with Gasteiger partial charge in [0, 0.05) is 54.9 Å². The molecule has 238 valence electrons. The summed E-state index contributed by atoms with van der Waals surface area (Å²) in [5.41, 5.74) is 13.1. The highest BCUT2D eigenvalue weighted by molar-refractivity contribution is 6.31. The molecule has 0 saturated carbocycles. The van der Waals surface area contributed by atoms with Crippen molar-refractivity contribution >= 4 is 65.4 Å². The van der Waals surface area contributed by atoms with Crippen molar-refractivity contribution < 1.29 is 0 Å². The number of fused-ring (bicyclic) bond motifs is 10. The third-order valence-electron chi connectivity index (χ3n) is 10.6. The smallest absolute Gasteiger partial charge is 0.0627 e. The van der Waals surface area contributed by atoms with E-state index in [1.54, 1.807) is 0 Å². The molecule has 0 fully saturated rings. The lowest BCUT2D eigenvalue weighted by molar-refractivity contribution is 1.17. The van der Waals surface area contributed by atoms with Gasteiger partial charge in [-0.3, -0.25) is 0 Å². The Morgan fingerprint density at radius 3 is 1.31 bits per heavy atom. The first-order valence-corrected chi connectivity index (χ1v) is 17.5. The Labute approximate surface area is 294 Å². The maximum Gasteiger partial charge on any atom is 0.0627 e. The molecule has 0 radical (unpaired) electrons. The molecule has 0 spiro atoms. The van der Waals surface area contributed by atoms with Crippen LogP contribution in [0.25, 0.3) is 93.6 Å². The van der Waals surface area contributed by atoms with Gasteiger partial charge in [0.1, 0.15) is 0 Å². The molecule has 0 N–H and O–H groups in total. The molecule has 51 heavy (non-hydrogen) atoms. The molecule has 0 amide bonds. The predicted octanol–water partition coefficient (Wildman–Crippen LogP) is 12.6. The number of rotatable bonds is 4. The Kier molecular flexibility index (Phi) is 5.96. The van der Waals surface area contributed by atoms with E-state index < -0.39 is 0 Å². The number of nitrogens with zero attached hydrogens (tertiary/aromatic N) is 3. The maximum absolute atomic E-state index is 2.48. The molecule has 11 rings (SSSR count). The molecule has 3 aromatic heterocycles. The maximum atomic E-state index is 2.48. The topological polar surface area (TPSA) is 14.8 Å². The molecule has 0 unspecified atom stereocenters. The van der Waals surface area contributed by atoms with E-state index in [1.807, 2.05) is 0 Å². The number of para-hydroxylation sites is 6. The Morgan fingerprint density at radius 2 is 0.706 bits per heavy atom. The zero-order chi connectivity index (χ0) is 33.5. The van der Waals surface area contributed by atoms with Gasteiger partial charge in [0.25, 0.3) is 0 Å². The van der Waals surface area contributed by atoms with Gasteiger partial charge in [0.2, 0.25) is 0 Å². The predicted molar refractivity (Wildman–Crippen MR) is 215 cm³/mol. The van der Waals surface area contributed by atoms with E-state index in [9.17, 15) is 0 Å². The fourth-order valence-electron chi connectivity index (χ4n) is 8.53. The molecule has 0 aliphatic carbocycles. The van der Waals surface area contributed by atoms with Crippen molar-refractivity contribution in [3.8, 4) is 28.2 Å². The van der Waals surface area contributed by atoms with Crippen LogP contribution >= 0.6 is 0 Å². The van der Waals surface area contributed by atoms with Crippen molar-refractivity contribution in [3.63, 3.8) is 0 Å². The zero-order valence-corrected chi connectivity index (χ0v) is 27.7. The number of hydrogen-bond acceptors (Lipinski definition) is 0. The average Bonchev–Trinajstić information content (AvgIpc) is 3.84. The van der Waals surface area contributed by atoms with Gasteiger partial charge >= 0.3 is 0 Å². The quantitative estimate of drug-likeness (QED) is 0.180. The first-order valence-electron chi connectivity index (χ1n) is 17.5. The van der Waals surface area contributed by atoms with E-state index >= 15 is 0 Å². The molecular formula is C48H31N3. The molecule has 0 saturated heterocycles. The number of hydrogen-bond donors (Lipinski definition) is 0. The van der Waals surface area contributed by atoms with E-state index in [-0.39, 0.29) is 0 Å². The van der Waals surface area contributed by atoms with Crippen LogP contribution < -0.4 is 0 Å². The van der Waals surface area contributed by atoms with Gasteiger partial charge in [-0.15, -0.1) is 0 Å². The Morgan fingerprint density at radius 1 is 0.275 bits per heavy atom. The van der Waals surface area contributed by atoms with Gasteiger partial charge in [-0.05, 0) is 78.4 Å². The lowest BCUT2D eigenvalue weighted by Crippen LogP contribution is -1.97. The second-order valence-electron chi connectivity index (χ2n) is 13.3. The van der Waals surface area contributed by atoms with Crippen molar-refractivity contribution in [2.45, 2.75) is 0 Å². The third kappa shape index (κ3) is 4.00. The van der Waals surface area contributed by atoms with Crippen LogP contribution in [-0.4, -0.2) is 13.7 Å². The third-order valence-corrected chi connectivity index (χ3v) is 10.6. The van der Waals surface area contributed by atoms with Gasteiger partial charge in [-0.1, -0.05) is 115 Å². The highest BCUT2D eigenvalue weighted by Crippen LogP contribution is 2.47. The van der Waals surface area contributed by atoms with Crippen LogP contribution in [0.15, 0.2) is 188 Å². The fraction of sp³-hybridized carbons (Fsp3) is 0. The summed E-state index contributed by atoms with van der Waals surface area (Å²) in [5.74, 6) is 0. The molecule has 8 aromatic carbocycles. The van der Waals surface area contributed by atoms with Crippen LogP contribution in [0.5, 0.6) is 0 Å². The summed E-state index contributed by atoms with van der Waals surface area (Å²) in [6.45, 7) is 0. The molecule has 0 aliphatic heterocycles. The van der Waals surface area contributed by atoms with E-state index in [0.717, 1.165) is 17.1 Å². The van der Waals surface area contributed by atoms with Crippen LogP contribution in [0.3, 0.4) is 0 Å². The molecule has 0 atom stereocenters. The molecule has 0 aliphatic rings. The Hall–Kier alpha value is -6.84. The minimum absolute atomic E-state index is 1.15. The fourth-order valence-corrected chi connectivity index (χ4v) is 8.53. The van der Waals surface area contributed by atoms with Crippen molar-refractivity contribution in [3.05, 3.63) is 188 Å². The molecule has 0 bridgehead atoms. The first-order chi connectivity index (χ1) is 25.3. The standard InChI is InChI=1S/C48H31N3/c1-4-16-33(17-5-1)49-41-25-13-10-22-36(41)40-30-32(28-29-44(40)49)39-31-45-46(37-23-11-14-26-42(37)50(45)34-18-6-2-7-19-34)47-38-24-12-15-27-43(38)51(48(39)47)35-20-8-3-9-21-35/h1-31H.